The molecule has 1 rings (SSSR count). The molecule has 24 heavy (non-hydrogen) atoms. The van der Waals surface area contributed by atoms with Gasteiger partial charge in [0.15, 0.2) is 8.32 Å². The van der Waals surface area contributed by atoms with E-state index in [9.17, 15) is 14.3 Å². The van der Waals surface area contributed by atoms with E-state index < -0.39 is 26.6 Å². The fourth-order valence-corrected chi connectivity index (χ4v) is 3.50. The Bertz CT molecular complexity index is 560. The second kappa shape index (κ2) is 8.09. The van der Waals surface area contributed by atoms with Gasteiger partial charge >= 0.3 is 6.09 Å². The third-order valence-electron chi connectivity index (χ3n) is 4.53. The first kappa shape index (κ1) is 20.6. The number of carbonyl (C=O) groups is 1. The van der Waals surface area contributed by atoms with Crippen molar-refractivity contribution in [2.45, 2.75) is 57.5 Å². The lowest BCUT2D eigenvalue weighted by Crippen LogP contribution is -2.53. The SMILES string of the molecule is CC(C)(C)[Si](C)(C)OC(CO)C(Cc1cccc(F)c1)NC(=O)O. The number of hydrogen-bond acceptors (Lipinski definition) is 3. The summed E-state index contributed by atoms with van der Waals surface area (Å²) in [5.41, 5.74) is 0.644. The zero-order chi connectivity index (χ0) is 18.5. The highest BCUT2D eigenvalue weighted by Gasteiger charge is 2.41. The summed E-state index contributed by atoms with van der Waals surface area (Å²) in [6.07, 6.45) is -1.65. The number of aliphatic hydroxyl groups is 1. The largest absolute Gasteiger partial charge is 0.465 e. The highest BCUT2D eigenvalue weighted by Crippen LogP contribution is 2.37. The lowest BCUT2D eigenvalue weighted by Gasteiger charge is -2.41. The van der Waals surface area contributed by atoms with Crippen LogP contribution in [0.1, 0.15) is 26.3 Å². The second-order valence-electron chi connectivity index (χ2n) is 7.49. The molecular formula is C17H28FNO4Si. The number of hydrogen-bond donors (Lipinski definition) is 3. The van der Waals surface area contributed by atoms with Gasteiger partial charge in [0, 0.05) is 0 Å². The van der Waals surface area contributed by atoms with Crippen molar-refractivity contribution in [1.82, 2.24) is 5.32 Å². The monoisotopic (exact) mass is 357 g/mol. The maximum atomic E-state index is 13.4. The molecule has 5 nitrogen and oxygen atoms in total. The van der Waals surface area contributed by atoms with Gasteiger partial charge in [-0.15, -0.1) is 0 Å². The summed E-state index contributed by atoms with van der Waals surface area (Å²) in [6.45, 7) is 9.97. The number of halogens is 1. The second-order valence-corrected chi connectivity index (χ2v) is 12.2. The topological polar surface area (TPSA) is 78.8 Å². The molecule has 2 unspecified atom stereocenters. The Morgan fingerprint density at radius 1 is 1.38 bits per heavy atom. The summed E-state index contributed by atoms with van der Waals surface area (Å²) < 4.78 is 19.6. The van der Waals surface area contributed by atoms with E-state index in [0.717, 1.165) is 0 Å². The highest BCUT2D eigenvalue weighted by atomic mass is 28.4. The molecule has 3 N–H and O–H groups in total. The summed E-state index contributed by atoms with van der Waals surface area (Å²) in [7, 11) is -2.20. The summed E-state index contributed by atoms with van der Waals surface area (Å²) >= 11 is 0. The van der Waals surface area contributed by atoms with Crippen LogP contribution in [0.2, 0.25) is 18.1 Å². The van der Waals surface area contributed by atoms with Crippen LogP contribution in [0.3, 0.4) is 0 Å². The van der Waals surface area contributed by atoms with Crippen molar-refractivity contribution in [3.05, 3.63) is 35.6 Å². The first-order valence-corrected chi connectivity index (χ1v) is 10.9. The Morgan fingerprint density at radius 2 is 2.00 bits per heavy atom. The minimum Gasteiger partial charge on any atom is -0.465 e. The zero-order valence-corrected chi connectivity index (χ0v) is 16.0. The van der Waals surface area contributed by atoms with Crippen LogP contribution in [-0.4, -0.2) is 43.4 Å². The Morgan fingerprint density at radius 3 is 2.46 bits per heavy atom. The molecule has 1 amide bonds. The predicted octanol–water partition coefficient (Wildman–Crippen LogP) is 3.39. The van der Waals surface area contributed by atoms with Crippen LogP contribution in [0, 0.1) is 5.82 Å². The van der Waals surface area contributed by atoms with E-state index in [1.165, 1.54) is 12.1 Å². The molecule has 0 aliphatic carbocycles. The molecule has 1 aromatic carbocycles. The molecular weight excluding hydrogens is 329 g/mol. The predicted molar refractivity (Wildman–Crippen MR) is 94.2 cm³/mol. The molecule has 0 aliphatic heterocycles. The lowest BCUT2D eigenvalue weighted by molar-refractivity contribution is 0.0701. The Kier molecular flexibility index (Phi) is 6.94. The highest BCUT2D eigenvalue weighted by molar-refractivity contribution is 6.74. The first-order chi connectivity index (χ1) is 11.0. The molecule has 0 aromatic heterocycles. The summed E-state index contributed by atoms with van der Waals surface area (Å²) in [6, 6.07) is 5.32. The molecule has 0 saturated heterocycles. The van der Waals surface area contributed by atoms with Gasteiger partial charge in [-0.3, -0.25) is 0 Å². The summed E-state index contributed by atoms with van der Waals surface area (Å²) in [4.78, 5) is 11.1. The van der Waals surface area contributed by atoms with Crippen molar-refractivity contribution >= 4 is 14.4 Å². The fourth-order valence-electron chi connectivity index (χ4n) is 2.15. The van der Waals surface area contributed by atoms with E-state index in [1.54, 1.807) is 12.1 Å². The standard InChI is InChI=1S/C17H28FNO4Si/c1-17(2,3)24(4,5)23-15(11-20)14(19-16(21)22)10-12-7-6-8-13(18)9-12/h6-9,14-15,19-20H,10-11H2,1-5H3,(H,21,22). The molecule has 0 aliphatic rings. The average Bonchev–Trinajstić information content (AvgIpc) is 2.42. The number of rotatable bonds is 7. The smallest absolute Gasteiger partial charge is 0.404 e. The van der Waals surface area contributed by atoms with E-state index >= 15 is 0 Å². The van der Waals surface area contributed by atoms with Crippen molar-refractivity contribution in [1.29, 1.82) is 0 Å². The van der Waals surface area contributed by atoms with Crippen LogP contribution >= 0.6 is 0 Å². The van der Waals surface area contributed by atoms with E-state index in [-0.39, 0.29) is 23.9 Å². The van der Waals surface area contributed by atoms with Crippen molar-refractivity contribution < 1.29 is 23.8 Å². The molecule has 0 heterocycles. The van der Waals surface area contributed by atoms with Crippen molar-refractivity contribution in [2.24, 2.45) is 0 Å². The molecule has 1 aromatic rings. The third-order valence-corrected chi connectivity index (χ3v) is 9.04. The molecule has 136 valence electrons. The van der Waals surface area contributed by atoms with Crippen LogP contribution in [0.15, 0.2) is 24.3 Å². The Balaban J connectivity index is 3.01. The van der Waals surface area contributed by atoms with Crippen LogP contribution in [0.4, 0.5) is 9.18 Å². The normalized spacial score (nSPS) is 15.0. The number of amides is 1. The summed E-state index contributed by atoms with van der Waals surface area (Å²) in [5, 5.41) is 21.2. The van der Waals surface area contributed by atoms with Crippen molar-refractivity contribution in [2.75, 3.05) is 6.61 Å². The third kappa shape index (κ3) is 5.88. The van der Waals surface area contributed by atoms with Crippen molar-refractivity contribution in [3.8, 4) is 0 Å². The maximum absolute atomic E-state index is 13.4. The molecule has 0 bridgehead atoms. The van der Waals surface area contributed by atoms with Crippen LogP contribution in [-0.2, 0) is 10.8 Å². The van der Waals surface area contributed by atoms with Crippen LogP contribution in [0.25, 0.3) is 0 Å². The van der Waals surface area contributed by atoms with Crippen LogP contribution in [0.5, 0.6) is 0 Å². The van der Waals surface area contributed by atoms with Gasteiger partial charge in [-0.1, -0.05) is 32.9 Å². The number of aliphatic hydroxyl groups excluding tert-OH is 1. The Hall–Kier alpha value is -1.44. The van der Waals surface area contributed by atoms with E-state index in [1.807, 2.05) is 13.1 Å². The van der Waals surface area contributed by atoms with Crippen LogP contribution < -0.4 is 5.32 Å². The molecule has 0 radical (unpaired) electrons. The van der Waals surface area contributed by atoms with Gasteiger partial charge in [-0.25, -0.2) is 9.18 Å². The number of carboxylic acid groups (broad SMARTS) is 1. The van der Waals surface area contributed by atoms with Gasteiger partial charge in [0.2, 0.25) is 0 Å². The van der Waals surface area contributed by atoms with Gasteiger partial charge in [0.05, 0.1) is 18.8 Å². The molecule has 2 atom stereocenters. The minimum atomic E-state index is -2.20. The van der Waals surface area contributed by atoms with Crippen molar-refractivity contribution in [3.63, 3.8) is 0 Å². The molecule has 0 fully saturated rings. The van der Waals surface area contributed by atoms with E-state index in [0.29, 0.717) is 5.56 Å². The van der Waals surface area contributed by atoms with E-state index in [4.69, 9.17) is 9.53 Å². The van der Waals surface area contributed by atoms with Gasteiger partial charge in [0.1, 0.15) is 5.82 Å². The fraction of sp³-hybridized carbons (Fsp3) is 0.588. The summed E-state index contributed by atoms with van der Waals surface area (Å²) in [5.74, 6) is -0.382. The van der Waals surface area contributed by atoms with Gasteiger partial charge in [-0.2, -0.15) is 0 Å². The number of benzene rings is 1. The van der Waals surface area contributed by atoms with Gasteiger partial charge in [-0.05, 0) is 42.2 Å². The minimum absolute atomic E-state index is 0.0763. The average molecular weight is 357 g/mol. The lowest BCUT2D eigenvalue weighted by atomic mass is 10.0. The molecule has 0 saturated carbocycles. The quantitative estimate of drug-likeness (QED) is 0.654. The van der Waals surface area contributed by atoms with Gasteiger partial charge in [0.25, 0.3) is 0 Å². The van der Waals surface area contributed by atoms with Gasteiger partial charge < -0.3 is 20.0 Å². The zero-order valence-electron chi connectivity index (χ0n) is 15.0. The molecule has 7 heteroatoms. The Labute approximate surface area is 144 Å². The molecule has 0 spiro atoms. The first-order valence-electron chi connectivity index (χ1n) is 7.99. The number of nitrogens with one attached hydrogen (secondary N) is 1. The van der Waals surface area contributed by atoms with E-state index in [2.05, 4.69) is 26.1 Å². The maximum Gasteiger partial charge on any atom is 0.404 e.